The number of fused-ring (bicyclic) bond motifs is 1. The fourth-order valence-corrected chi connectivity index (χ4v) is 2.70. The lowest BCUT2D eigenvalue weighted by Crippen LogP contribution is -2.38. The van der Waals surface area contributed by atoms with E-state index in [2.05, 4.69) is 6.07 Å². The number of nitrogens with zero attached hydrogens (tertiary/aromatic N) is 1. The van der Waals surface area contributed by atoms with Crippen LogP contribution in [0, 0.1) is 16.7 Å². The van der Waals surface area contributed by atoms with E-state index in [4.69, 9.17) is 14.7 Å². The van der Waals surface area contributed by atoms with E-state index in [9.17, 15) is 4.79 Å². The van der Waals surface area contributed by atoms with E-state index >= 15 is 0 Å². The number of ether oxygens (including phenoxy) is 2. The van der Waals surface area contributed by atoms with Gasteiger partial charge in [-0.05, 0) is 19.3 Å². The van der Waals surface area contributed by atoms with E-state index in [-0.39, 0.29) is 23.4 Å². The minimum atomic E-state index is -0.361. The Kier molecular flexibility index (Phi) is 3.80. The van der Waals surface area contributed by atoms with Crippen LogP contribution in [-0.2, 0) is 14.3 Å². The molecule has 0 radical (unpaired) electrons. The van der Waals surface area contributed by atoms with Crippen LogP contribution in [0.25, 0.3) is 0 Å². The van der Waals surface area contributed by atoms with Gasteiger partial charge in [0.25, 0.3) is 0 Å². The highest BCUT2D eigenvalue weighted by Crippen LogP contribution is 2.38. The lowest BCUT2D eigenvalue weighted by atomic mass is 9.77. The molecule has 0 N–H and O–H groups in total. The predicted octanol–water partition coefficient (Wildman–Crippen LogP) is 1.83. The number of rotatable bonds is 2. The molecule has 3 atom stereocenters. The zero-order chi connectivity index (χ0) is 12.3. The van der Waals surface area contributed by atoms with Crippen LogP contribution >= 0.6 is 0 Å². The van der Waals surface area contributed by atoms with Gasteiger partial charge in [-0.15, -0.1) is 0 Å². The minimum Gasteiger partial charge on any atom is -0.373 e. The van der Waals surface area contributed by atoms with Gasteiger partial charge >= 0.3 is 0 Å². The lowest BCUT2D eigenvalue weighted by molar-refractivity contribution is -0.148. The molecule has 2 aliphatic rings. The third-order valence-corrected chi connectivity index (χ3v) is 3.99. The predicted molar refractivity (Wildman–Crippen MR) is 61.3 cm³/mol. The number of ketones is 1. The zero-order valence-electron chi connectivity index (χ0n) is 10.3. The standard InChI is InChI=1S/C13H19NO3/c1-13(4-2-6-14)5-3-10-11(9-12(13)15)17-8-7-16-10/h10-11H,2-5,7-9H2,1H3. The summed E-state index contributed by atoms with van der Waals surface area (Å²) in [6.07, 6.45) is 3.20. The van der Waals surface area contributed by atoms with Gasteiger partial charge in [-0.2, -0.15) is 5.26 Å². The summed E-state index contributed by atoms with van der Waals surface area (Å²) >= 11 is 0. The highest BCUT2D eigenvalue weighted by molar-refractivity contribution is 5.85. The summed E-state index contributed by atoms with van der Waals surface area (Å²) in [4.78, 5) is 12.3. The van der Waals surface area contributed by atoms with Crippen LogP contribution in [0.3, 0.4) is 0 Å². The molecule has 17 heavy (non-hydrogen) atoms. The fourth-order valence-electron chi connectivity index (χ4n) is 2.70. The van der Waals surface area contributed by atoms with Crippen LogP contribution in [-0.4, -0.2) is 31.2 Å². The number of nitriles is 1. The molecule has 0 amide bonds. The van der Waals surface area contributed by atoms with Crippen molar-refractivity contribution in [2.75, 3.05) is 13.2 Å². The Morgan fingerprint density at radius 1 is 1.41 bits per heavy atom. The molecule has 1 heterocycles. The maximum Gasteiger partial charge on any atom is 0.141 e. The van der Waals surface area contributed by atoms with Crippen LogP contribution in [0.15, 0.2) is 0 Å². The first kappa shape index (κ1) is 12.5. The number of hydrogen-bond acceptors (Lipinski definition) is 4. The molecule has 3 unspecified atom stereocenters. The number of carbonyl (C=O) groups is 1. The second-order valence-electron chi connectivity index (χ2n) is 5.20. The van der Waals surface area contributed by atoms with Crippen molar-refractivity contribution in [2.24, 2.45) is 5.41 Å². The van der Waals surface area contributed by atoms with Gasteiger partial charge in [-0.25, -0.2) is 0 Å². The first-order chi connectivity index (χ1) is 8.15. The van der Waals surface area contributed by atoms with Crippen molar-refractivity contribution in [1.29, 1.82) is 5.26 Å². The van der Waals surface area contributed by atoms with Crippen LogP contribution < -0.4 is 0 Å². The molecule has 1 aliphatic heterocycles. The largest absolute Gasteiger partial charge is 0.373 e. The van der Waals surface area contributed by atoms with E-state index in [0.717, 1.165) is 12.8 Å². The average molecular weight is 237 g/mol. The summed E-state index contributed by atoms with van der Waals surface area (Å²) in [6.45, 7) is 3.19. The van der Waals surface area contributed by atoms with Gasteiger partial charge in [0.1, 0.15) is 5.78 Å². The molecule has 1 saturated carbocycles. The van der Waals surface area contributed by atoms with Crippen LogP contribution in [0.2, 0.25) is 0 Å². The maximum atomic E-state index is 12.3. The maximum absolute atomic E-state index is 12.3. The van der Waals surface area contributed by atoms with Gasteiger partial charge in [0.15, 0.2) is 0 Å². The van der Waals surface area contributed by atoms with Crippen LogP contribution in [0.4, 0.5) is 0 Å². The molecule has 0 aromatic rings. The molecule has 0 aromatic heterocycles. The average Bonchev–Trinajstić information content (AvgIpc) is 2.46. The van der Waals surface area contributed by atoms with Crippen molar-refractivity contribution in [1.82, 2.24) is 0 Å². The smallest absolute Gasteiger partial charge is 0.141 e. The van der Waals surface area contributed by atoms with Gasteiger partial charge in [-0.1, -0.05) is 6.92 Å². The second kappa shape index (κ2) is 5.16. The number of hydrogen-bond donors (Lipinski definition) is 0. The Bertz CT molecular complexity index is 336. The summed E-state index contributed by atoms with van der Waals surface area (Å²) in [5.74, 6) is 0.228. The molecule has 0 spiro atoms. The Hall–Kier alpha value is -0.920. The van der Waals surface area contributed by atoms with Gasteiger partial charge in [0.2, 0.25) is 0 Å². The molecule has 1 aliphatic carbocycles. The Balaban J connectivity index is 2.06. The quantitative estimate of drug-likeness (QED) is 0.735. The highest BCUT2D eigenvalue weighted by atomic mass is 16.6. The lowest BCUT2D eigenvalue weighted by Gasteiger charge is -2.29. The van der Waals surface area contributed by atoms with E-state index in [1.807, 2.05) is 6.92 Å². The molecule has 1 saturated heterocycles. The SMILES string of the molecule is CC1(CCC#N)CCC2OCCOC2CC1=O. The summed E-state index contributed by atoms with van der Waals surface area (Å²) in [5, 5.41) is 8.66. The fraction of sp³-hybridized carbons (Fsp3) is 0.846. The summed E-state index contributed by atoms with van der Waals surface area (Å²) in [5.41, 5.74) is -0.361. The van der Waals surface area contributed by atoms with Gasteiger partial charge < -0.3 is 9.47 Å². The van der Waals surface area contributed by atoms with Gasteiger partial charge in [-0.3, -0.25) is 4.79 Å². The molecule has 4 heteroatoms. The third-order valence-electron chi connectivity index (χ3n) is 3.99. The molecule has 4 nitrogen and oxygen atoms in total. The van der Waals surface area contributed by atoms with Crippen molar-refractivity contribution >= 4 is 5.78 Å². The molecule has 94 valence electrons. The minimum absolute atomic E-state index is 0.0663. The first-order valence-electron chi connectivity index (χ1n) is 6.29. The van der Waals surface area contributed by atoms with Crippen molar-refractivity contribution in [2.45, 2.75) is 51.2 Å². The van der Waals surface area contributed by atoms with Gasteiger partial charge in [0, 0.05) is 18.3 Å². The Labute approximate surface area is 102 Å². The summed E-state index contributed by atoms with van der Waals surface area (Å²) in [7, 11) is 0. The molecular weight excluding hydrogens is 218 g/mol. The van der Waals surface area contributed by atoms with Crippen LogP contribution in [0.5, 0.6) is 0 Å². The molecule has 0 bridgehead atoms. The molecule has 0 aromatic carbocycles. The first-order valence-corrected chi connectivity index (χ1v) is 6.29. The van der Waals surface area contributed by atoms with E-state index < -0.39 is 0 Å². The normalized spacial score (nSPS) is 38.0. The van der Waals surface area contributed by atoms with Gasteiger partial charge in [0.05, 0.1) is 31.5 Å². The molecule has 2 rings (SSSR count). The summed E-state index contributed by atoms with van der Waals surface area (Å²) in [6, 6.07) is 2.13. The number of Topliss-reactive ketones (excluding diaryl/α,β-unsaturated/α-hetero) is 1. The van der Waals surface area contributed by atoms with Crippen molar-refractivity contribution in [3.63, 3.8) is 0 Å². The monoisotopic (exact) mass is 237 g/mol. The Morgan fingerprint density at radius 3 is 2.82 bits per heavy atom. The summed E-state index contributed by atoms with van der Waals surface area (Å²) < 4.78 is 11.3. The van der Waals surface area contributed by atoms with Crippen molar-refractivity contribution < 1.29 is 14.3 Å². The highest BCUT2D eigenvalue weighted by Gasteiger charge is 2.41. The van der Waals surface area contributed by atoms with E-state index in [1.165, 1.54) is 0 Å². The van der Waals surface area contributed by atoms with Crippen LogP contribution in [0.1, 0.15) is 39.0 Å². The van der Waals surface area contributed by atoms with E-state index in [0.29, 0.717) is 32.5 Å². The topological polar surface area (TPSA) is 59.3 Å². The molecular formula is C13H19NO3. The van der Waals surface area contributed by atoms with Crippen molar-refractivity contribution in [3.05, 3.63) is 0 Å². The number of carbonyl (C=O) groups excluding carboxylic acids is 1. The third kappa shape index (κ3) is 2.67. The van der Waals surface area contributed by atoms with Crippen molar-refractivity contribution in [3.8, 4) is 6.07 Å². The van der Waals surface area contributed by atoms with E-state index in [1.54, 1.807) is 0 Å². The second-order valence-corrected chi connectivity index (χ2v) is 5.20. The Morgan fingerprint density at radius 2 is 2.12 bits per heavy atom. The zero-order valence-corrected chi connectivity index (χ0v) is 10.3. The molecule has 2 fully saturated rings.